The number of benzene rings is 2. The fraction of sp³-hybridized carbons (Fsp3) is 0.406. The molecule has 4 atom stereocenters. The lowest BCUT2D eigenvalue weighted by Gasteiger charge is -2.50. The number of primary amides is 1. The maximum absolute atomic E-state index is 13.9. The Bertz CT molecular complexity index is 1640. The molecule has 226 valence electrons. The van der Waals surface area contributed by atoms with Crippen molar-refractivity contribution < 1.29 is 34.8 Å². The highest BCUT2D eigenvalue weighted by atomic mass is 35.5. The summed E-state index contributed by atoms with van der Waals surface area (Å²) in [5.41, 5.74) is 5.27. The highest BCUT2D eigenvalue weighted by Crippen LogP contribution is 2.53. The van der Waals surface area contributed by atoms with Gasteiger partial charge in [-0.25, -0.2) is 0 Å². The summed E-state index contributed by atoms with van der Waals surface area (Å²) in [7, 11) is 5.18. The molecule has 2 aromatic rings. The van der Waals surface area contributed by atoms with Gasteiger partial charge in [0.15, 0.2) is 11.4 Å². The summed E-state index contributed by atoms with van der Waals surface area (Å²) in [4.78, 5) is 43.2. The molecule has 0 spiro atoms. The number of carbonyl (C=O) groups is 3. The number of allylic oxidation sites excluding steroid dienone is 1. The second-order valence-corrected chi connectivity index (χ2v) is 12.8. The smallest absolute Gasteiger partial charge is 0.255 e. The number of hydrogen-bond acceptors (Lipinski definition) is 9. The average molecular weight is 608 g/mol. The number of nitrogens with zero attached hydrogens (tertiary/aromatic N) is 2. The van der Waals surface area contributed by atoms with Crippen molar-refractivity contribution in [2.75, 3.05) is 21.1 Å². The lowest BCUT2D eigenvalue weighted by molar-refractivity contribution is -0.148. The highest BCUT2D eigenvalue weighted by Gasteiger charge is 2.63. The molecule has 4 aliphatic carbocycles. The van der Waals surface area contributed by atoms with E-state index in [0.717, 1.165) is 12.8 Å². The van der Waals surface area contributed by atoms with Crippen LogP contribution in [0.4, 0.5) is 0 Å². The van der Waals surface area contributed by atoms with Gasteiger partial charge in [0.1, 0.15) is 22.8 Å². The molecule has 2 aromatic carbocycles. The van der Waals surface area contributed by atoms with Crippen LogP contribution >= 0.6 is 11.6 Å². The van der Waals surface area contributed by atoms with E-state index in [4.69, 9.17) is 17.3 Å². The van der Waals surface area contributed by atoms with Gasteiger partial charge in [-0.05, 0) is 81.1 Å². The van der Waals surface area contributed by atoms with E-state index in [-0.39, 0.29) is 35.8 Å². The van der Waals surface area contributed by atoms with Gasteiger partial charge in [-0.2, -0.15) is 0 Å². The first kappa shape index (κ1) is 29.4. The van der Waals surface area contributed by atoms with Crippen LogP contribution in [0.5, 0.6) is 5.75 Å². The Balaban J connectivity index is 1.38. The number of aromatic hydroxyl groups is 1. The van der Waals surface area contributed by atoms with Crippen molar-refractivity contribution in [3.05, 3.63) is 85.8 Å². The van der Waals surface area contributed by atoms with E-state index in [1.54, 1.807) is 14.1 Å². The zero-order chi connectivity index (χ0) is 31.1. The maximum Gasteiger partial charge on any atom is 0.255 e. The number of likely N-dealkylation sites (N-methyl/N-ethyl adjacent to an activating group) is 2. The summed E-state index contributed by atoms with van der Waals surface area (Å²) in [6.07, 6.45) is 1.94. The van der Waals surface area contributed by atoms with Crippen LogP contribution in [-0.4, -0.2) is 86.5 Å². The predicted octanol–water partition coefficient (Wildman–Crippen LogP) is 2.37. The molecule has 0 radical (unpaired) electrons. The fourth-order valence-electron chi connectivity index (χ4n) is 7.71. The first-order chi connectivity index (χ1) is 20.3. The van der Waals surface area contributed by atoms with Crippen molar-refractivity contribution in [3.63, 3.8) is 0 Å². The van der Waals surface area contributed by atoms with Crippen LogP contribution in [0.15, 0.2) is 53.0 Å². The van der Waals surface area contributed by atoms with Gasteiger partial charge in [0.05, 0.1) is 11.6 Å². The first-order valence-electron chi connectivity index (χ1n) is 14.2. The van der Waals surface area contributed by atoms with Crippen LogP contribution in [0.1, 0.15) is 39.0 Å². The molecule has 1 amide bonds. The molecule has 0 heterocycles. The van der Waals surface area contributed by atoms with Gasteiger partial charge in [0, 0.05) is 29.1 Å². The lowest BCUT2D eigenvalue weighted by atomic mass is 9.58. The van der Waals surface area contributed by atoms with Gasteiger partial charge in [0.25, 0.3) is 5.91 Å². The van der Waals surface area contributed by atoms with E-state index in [1.165, 1.54) is 22.1 Å². The number of amides is 1. The Morgan fingerprint density at radius 3 is 2.28 bits per heavy atom. The number of Topliss-reactive ketones (excluding diaryl/α,β-unsaturated/α-hetero) is 2. The second kappa shape index (κ2) is 10.2. The molecule has 11 heteroatoms. The van der Waals surface area contributed by atoms with Crippen LogP contribution < -0.4 is 5.73 Å². The van der Waals surface area contributed by atoms with Gasteiger partial charge in [0.2, 0.25) is 5.78 Å². The molecular formula is C32H34ClN3O7. The third-order valence-electron chi connectivity index (χ3n) is 9.80. The molecule has 10 nitrogen and oxygen atoms in total. The predicted molar refractivity (Wildman–Crippen MR) is 158 cm³/mol. The second-order valence-electron chi connectivity index (χ2n) is 12.4. The van der Waals surface area contributed by atoms with Crippen LogP contribution in [0, 0.1) is 11.8 Å². The Hall–Kier alpha value is -3.70. The van der Waals surface area contributed by atoms with Gasteiger partial charge in [-0.3, -0.25) is 24.2 Å². The summed E-state index contributed by atoms with van der Waals surface area (Å²) in [5.74, 6) is -6.87. The normalized spacial score (nSPS) is 27.0. The monoisotopic (exact) mass is 607 g/mol. The molecule has 0 unspecified atom stereocenters. The van der Waals surface area contributed by atoms with E-state index in [2.05, 4.69) is 17.0 Å². The topological polar surface area (TPSA) is 165 Å². The summed E-state index contributed by atoms with van der Waals surface area (Å²) in [6, 6.07) is 8.96. The molecule has 0 bridgehead atoms. The number of fused-ring (bicyclic) bond motifs is 4. The Morgan fingerprint density at radius 2 is 1.70 bits per heavy atom. The number of phenolic OH excluding ortho intramolecular Hbond substituents is 1. The third-order valence-corrected chi connectivity index (χ3v) is 10.3. The number of carbonyl (C=O) groups excluding carboxylic acids is 3. The molecule has 0 saturated heterocycles. The maximum atomic E-state index is 13.9. The molecule has 0 aliphatic heterocycles. The molecular weight excluding hydrogens is 574 g/mol. The largest absolute Gasteiger partial charge is 0.510 e. The molecule has 0 aromatic heterocycles. The summed E-state index contributed by atoms with van der Waals surface area (Å²) in [6.45, 7) is 0.430. The zero-order valence-electron chi connectivity index (χ0n) is 24.1. The summed E-state index contributed by atoms with van der Waals surface area (Å²) < 4.78 is 0. The van der Waals surface area contributed by atoms with Crippen molar-refractivity contribution in [2.45, 2.75) is 49.9 Å². The lowest BCUT2D eigenvalue weighted by Crippen LogP contribution is -2.63. The Morgan fingerprint density at radius 1 is 1.07 bits per heavy atom. The van der Waals surface area contributed by atoms with Crippen molar-refractivity contribution in [3.8, 4) is 5.75 Å². The van der Waals surface area contributed by atoms with Crippen LogP contribution in [0.2, 0.25) is 5.02 Å². The molecule has 4 aliphatic rings. The molecule has 0 fully saturated rings. The van der Waals surface area contributed by atoms with Gasteiger partial charge in [-0.1, -0.05) is 35.9 Å². The van der Waals surface area contributed by atoms with Gasteiger partial charge >= 0.3 is 0 Å². The van der Waals surface area contributed by atoms with E-state index in [0.29, 0.717) is 22.7 Å². The third kappa shape index (κ3) is 4.22. The number of aliphatic hydroxyl groups excluding tert-OH is 2. The number of halogens is 1. The van der Waals surface area contributed by atoms with E-state index in [9.17, 15) is 34.8 Å². The summed E-state index contributed by atoms with van der Waals surface area (Å²) in [5, 5.41) is 45.5. The number of nitrogens with two attached hydrogens (primary N) is 1. The van der Waals surface area contributed by atoms with Crippen LogP contribution in [0.25, 0.3) is 0 Å². The quantitative estimate of drug-likeness (QED) is 0.321. The van der Waals surface area contributed by atoms with E-state index in [1.807, 2.05) is 19.2 Å². The number of aliphatic hydroxyl groups is 3. The number of ketones is 2. The standard InChI is InChI=1S/C32H34ClN3O7/c1-35(2)26-20-11-16-10-19-23(27(38)22(16)29(40)32(20,43)30(41)24(28(26)39)31(34)42)21(37)12-17(25(19)33)13-36(3)18-8-14-6-4-5-7-15(14)9-18/h4-7,12,16,18,20,26,37,39-40,43H,8-11,13H2,1-3H3,(H2,34,42)/t16-,20-,26-,32-/m0/s1. The van der Waals surface area contributed by atoms with Crippen molar-refractivity contribution in [1.29, 1.82) is 0 Å². The minimum absolute atomic E-state index is 0.00726. The van der Waals surface area contributed by atoms with Gasteiger partial charge in [-0.15, -0.1) is 0 Å². The van der Waals surface area contributed by atoms with Crippen LogP contribution in [0.3, 0.4) is 0 Å². The SMILES string of the molecule is CN(Cc1cc(O)c2c(c1Cl)C[C@H]1C[C@H]3[C@H](N(C)C)C(O)=C(C(N)=O)C(=O)[C@@]3(O)C(O)=C1C2=O)C1Cc2ccccc2C1. The molecule has 6 N–H and O–H groups in total. The highest BCUT2D eigenvalue weighted by molar-refractivity contribution is 6.33. The minimum Gasteiger partial charge on any atom is -0.510 e. The van der Waals surface area contributed by atoms with E-state index < -0.39 is 58.0 Å². The first-order valence-corrected chi connectivity index (χ1v) is 14.6. The summed E-state index contributed by atoms with van der Waals surface area (Å²) >= 11 is 6.94. The van der Waals surface area contributed by atoms with Crippen molar-refractivity contribution in [2.24, 2.45) is 17.6 Å². The number of rotatable bonds is 5. The van der Waals surface area contributed by atoms with Crippen molar-refractivity contribution >= 4 is 29.1 Å². The Labute approximate surface area is 253 Å². The minimum atomic E-state index is -2.68. The van der Waals surface area contributed by atoms with Gasteiger partial charge < -0.3 is 26.2 Å². The van der Waals surface area contributed by atoms with E-state index >= 15 is 0 Å². The molecule has 43 heavy (non-hydrogen) atoms. The van der Waals surface area contributed by atoms with Crippen molar-refractivity contribution in [1.82, 2.24) is 9.80 Å². The fourth-order valence-corrected chi connectivity index (χ4v) is 8.00. The van der Waals surface area contributed by atoms with Crippen LogP contribution in [-0.2, 0) is 35.4 Å². The number of hydrogen-bond donors (Lipinski definition) is 5. The Kier molecular flexibility index (Phi) is 6.96. The number of phenols is 1. The zero-order valence-corrected chi connectivity index (χ0v) is 24.9. The molecule has 6 rings (SSSR count). The molecule has 0 saturated carbocycles. The average Bonchev–Trinajstić information content (AvgIpc) is 3.37.